The summed E-state index contributed by atoms with van der Waals surface area (Å²) >= 11 is 0. The van der Waals surface area contributed by atoms with Gasteiger partial charge in [-0.15, -0.1) is 0 Å². The van der Waals surface area contributed by atoms with Gasteiger partial charge in [0.1, 0.15) is 18.4 Å². The van der Waals surface area contributed by atoms with Crippen molar-refractivity contribution in [1.82, 2.24) is 14.8 Å². The molecular weight excluding hydrogens is 270 g/mol. The van der Waals surface area contributed by atoms with Gasteiger partial charge in [-0.05, 0) is 25.3 Å². The topological polar surface area (TPSA) is 91.6 Å². The second-order valence-electron chi connectivity index (χ2n) is 5.45. The molecule has 2 aliphatic heterocycles. The van der Waals surface area contributed by atoms with E-state index in [2.05, 4.69) is 10.4 Å². The number of hydrogen-bond acceptors (Lipinski definition) is 5. The Morgan fingerprint density at radius 1 is 1.38 bits per heavy atom. The number of anilines is 1. The van der Waals surface area contributed by atoms with E-state index in [0.717, 1.165) is 24.8 Å². The first-order valence-electron chi connectivity index (χ1n) is 7.19. The number of nitrogens with zero attached hydrogens (tertiary/aromatic N) is 3. The number of carbonyl (C=O) groups is 2. The second-order valence-corrected chi connectivity index (χ2v) is 5.45. The van der Waals surface area contributed by atoms with Crippen LogP contribution < -0.4 is 11.3 Å². The molecule has 7 heteroatoms. The number of piperazine rings is 1. The van der Waals surface area contributed by atoms with Gasteiger partial charge in [0.15, 0.2) is 0 Å². The zero-order valence-corrected chi connectivity index (χ0v) is 11.8. The third-order valence-electron chi connectivity index (χ3n) is 4.14. The minimum Gasteiger partial charge on any atom is -0.329 e. The molecule has 1 atom stereocenters. The molecule has 0 spiro atoms. The maximum atomic E-state index is 12.6. The van der Waals surface area contributed by atoms with Crippen molar-refractivity contribution in [3.05, 3.63) is 23.9 Å². The summed E-state index contributed by atoms with van der Waals surface area (Å²) in [7, 11) is 0. The Labute approximate surface area is 123 Å². The summed E-state index contributed by atoms with van der Waals surface area (Å²) in [5.74, 6) is 6.03. The Hall–Kier alpha value is -2.15. The van der Waals surface area contributed by atoms with Crippen LogP contribution in [0.15, 0.2) is 18.3 Å². The molecule has 1 aromatic heterocycles. The van der Waals surface area contributed by atoms with Crippen LogP contribution in [0, 0.1) is 0 Å². The first-order chi connectivity index (χ1) is 10.2. The number of nitrogen functional groups attached to an aromatic ring is 1. The number of piperidine rings is 1. The Bertz CT molecular complexity index is 562. The van der Waals surface area contributed by atoms with Crippen LogP contribution in [0.3, 0.4) is 0 Å². The van der Waals surface area contributed by atoms with Crippen molar-refractivity contribution in [2.24, 2.45) is 5.84 Å². The van der Waals surface area contributed by atoms with Gasteiger partial charge < -0.3 is 15.2 Å². The monoisotopic (exact) mass is 289 g/mol. The summed E-state index contributed by atoms with van der Waals surface area (Å²) in [5, 5.41) is 0. The fraction of sp³-hybridized carbons (Fsp3) is 0.500. The minimum atomic E-state index is -0.286. The molecule has 3 heterocycles. The van der Waals surface area contributed by atoms with Gasteiger partial charge in [-0.3, -0.25) is 9.59 Å². The van der Waals surface area contributed by atoms with E-state index in [1.807, 2.05) is 6.07 Å². The molecule has 0 saturated carbocycles. The summed E-state index contributed by atoms with van der Waals surface area (Å²) in [4.78, 5) is 32.2. The van der Waals surface area contributed by atoms with Crippen LogP contribution in [0.5, 0.6) is 0 Å². The van der Waals surface area contributed by atoms with Gasteiger partial charge in [-0.2, -0.15) is 0 Å². The predicted octanol–water partition coefficient (Wildman–Crippen LogP) is 0.0905. The molecule has 1 unspecified atom stereocenters. The molecule has 7 nitrogen and oxygen atoms in total. The van der Waals surface area contributed by atoms with Crippen LogP contribution in [0.25, 0.3) is 0 Å². The maximum absolute atomic E-state index is 12.6. The molecular formula is C14H19N5O2. The van der Waals surface area contributed by atoms with Gasteiger partial charge in [0, 0.05) is 24.8 Å². The molecule has 0 bridgehead atoms. The zero-order chi connectivity index (χ0) is 14.8. The third kappa shape index (κ3) is 2.56. The Morgan fingerprint density at radius 3 is 3.05 bits per heavy atom. The van der Waals surface area contributed by atoms with Crippen LogP contribution in [-0.2, 0) is 16.1 Å². The van der Waals surface area contributed by atoms with Gasteiger partial charge in [0.05, 0.1) is 0 Å². The highest BCUT2D eigenvalue weighted by Crippen LogP contribution is 2.25. The lowest BCUT2D eigenvalue weighted by Gasteiger charge is -2.42. The van der Waals surface area contributed by atoms with Crippen LogP contribution in [0.1, 0.15) is 24.8 Å². The lowest BCUT2D eigenvalue weighted by atomic mass is 9.98. The molecule has 3 rings (SSSR count). The molecule has 0 radical (unpaired) electrons. The summed E-state index contributed by atoms with van der Waals surface area (Å²) in [6, 6.07) is 3.36. The van der Waals surface area contributed by atoms with Crippen molar-refractivity contribution < 1.29 is 9.59 Å². The number of nitrogens with two attached hydrogens (primary N) is 1. The number of hydrazine groups is 1. The first-order valence-corrected chi connectivity index (χ1v) is 7.19. The fourth-order valence-corrected chi connectivity index (χ4v) is 3.07. The molecule has 21 heavy (non-hydrogen) atoms. The number of nitrogens with one attached hydrogen (secondary N) is 1. The second kappa shape index (κ2) is 5.69. The molecule has 0 aromatic carbocycles. The first kappa shape index (κ1) is 13.8. The number of pyridine rings is 1. The number of hydrogen-bond donors (Lipinski definition) is 2. The molecule has 3 N–H and O–H groups in total. The van der Waals surface area contributed by atoms with Gasteiger partial charge >= 0.3 is 0 Å². The standard InChI is InChI=1S/C14H19N5O2/c15-17-13-10(4-3-6-16-13)8-18-9-12(20)19-7-2-1-5-11(19)14(18)21/h3-4,6,11H,1-2,5,7-9,15H2,(H,16,17). The predicted molar refractivity (Wildman–Crippen MR) is 76.8 cm³/mol. The SMILES string of the molecule is NNc1ncccc1CN1CC(=O)N2CCCCC2C1=O. The summed E-state index contributed by atoms with van der Waals surface area (Å²) in [6.07, 6.45) is 4.37. The van der Waals surface area contributed by atoms with Crippen molar-refractivity contribution >= 4 is 17.6 Å². The van der Waals surface area contributed by atoms with Crippen molar-refractivity contribution in [1.29, 1.82) is 0 Å². The lowest BCUT2D eigenvalue weighted by molar-refractivity contribution is -0.158. The van der Waals surface area contributed by atoms with Gasteiger partial charge in [0.25, 0.3) is 0 Å². The quantitative estimate of drug-likeness (QED) is 0.608. The van der Waals surface area contributed by atoms with Gasteiger partial charge in [-0.1, -0.05) is 6.07 Å². The molecule has 2 saturated heterocycles. The number of carbonyl (C=O) groups excluding carboxylic acids is 2. The smallest absolute Gasteiger partial charge is 0.246 e. The highest BCUT2D eigenvalue weighted by atomic mass is 16.2. The van der Waals surface area contributed by atoms with E-state index >= 15 is 0 Å². The van der Waals surface area contributed by atoms with Gasteiger partial charge in [-0.25, -0.2) is 10.8 Å². The van der Waals surface area contributed by atoms with E-state index in [0.29, 0.717) is 18.9 Å². The maximum Gasteiger partial charge on any atom is 0.246 e. The largest absolute Gasteiger partial charge is 0.329 e. The number of rotatable bonds is 3. The molecule has 2 aliphatic rings. The van der Waals surface area contributed by atoms with Gasteiger partial charge in [0.2, 0.25) is 11.8 Å². The van der Waals surface area contributed by atoms with Crippen LogP contribution in [-0.4, -0.2) is 45.7 Å². The number of amides is 2. The summed E-state index contributed by atoms with van der Waals surface area (Å²) in [6.45, 7) is 1.18. The van der Waals surface area contributed by atoms with Crippen molar-refractivity contribution in [2.45, 2.75) is 31.8 Å². The molecule has 2 amide bonds. The van der Waals surface area contributed by atoms with E-state index in [-0.39, 0.29) is 24.4 Å². The van der Waals surface area contributed by atoms with E-state index in [9.17, 15) is 9.59 Å². The number of aromatic nitrogens is 1. The van der Waals surface area contributed by atoms with Crippen LogP contribution >= 0.6 is 0 Å². The molecule has 0 aliphatic carbocycles. The average Bonchev–Trinajstić information content (AvgIpc) is 2.53. The summed E-state index contributed by atoms with van der Waals surface area (Å²) in [5.41, 5.74) is 3.33. The van der Waals surface area contributed by atoms with E-state index in [1.165, 1.54) is 0 Å². The van der Waals surface area contributed by atoms with E-state index in [4.69, 9.17) is 5.84 Å². The third-order valence-corrected chi connectivity index (χ3v) is 4.14. The van der Waals surface area contributed by atoms with Crippen LogP contribution in [0.4, 0.5) is 5.82 Å². The van der Waals surface area contributed by atoms with Crippen molar-refractivity contribution in [3.8, 4) is 0 Å². The molecule has 112 valence electrons. The highest BCUT2D eigenvalue weighted by Gasteiger charge is 2.40. The Balaban J connectivity index is 1.79. The normalized spacial score (nSPS) is 22.2. The fourth-order valence-electron chi connectivity index (χ4n) is 3.07. The van der Waals surface area contributed by atoms with Crippen molar-refractivity contribution in [3.63, 3.8) is 0 Å². The average molecular weight is 289 g/mol. The van der Waals surface area contributed by atoms with Crippen LogP contribution in [0.2, 0.25) is 0 Å². The van der Waals surface area contributed by atoms with Crippen molar-refractivity contribution in [2.75, 3.05) is 18.5 Å². The van der Waals surface area contributed by atoms with E-state index in [1.54, 1.807) is 22.1 Å². The lowest BCUT2D eigenvalue weighted by Crippen LogP contribution is -2.60. The summed E-state index contributed by atoms with van der Waals surface area (Å²) < 4.78 is 0. The molecule has 2 fully saturated rings. The Kier molecular flexibility index (Phi) is 3.74. The molecule has 1 aromatic rings. The minimum absolute atomic E-state index is 0.0288. The highest BCUT2D eigenvalue weighted by molar-refractivity contribution is 5.95. The van der Waals surface area contributed by atoms with E-state index < -0.39 is 0 Å². The Morgan fingerprint density at radius 2 is 2.24 bits per heavy atom. The zero-order valence-electron chi connectivity index (χ0n) is 11.8. The number of fused-ring (bicyclic) bond motifs is 1.